The number of piperidine rings is 1. The van der Waals surface area contributed by atoms with Gasteiger partial charge in [-0.1, -0.05) is 12.5 Å². The predicted octanol–water partition coefficient (Wildman–Crippen LogP) is -0.0122. The van der Waals surface area contributed by atoms with Crippen molar-refractivity contribution >= 4 is 27.3 Å². The third kappa shape index (κ3) is 3.65. The van der Waals surface area contributed by atoms with E-state index in [1.165, 1.54) is 15.6 Å². The summed E-state index contributed by atoms with van der Waals surface area (Å²) in [7, 11) is -3.63. The lowest BCUT2D eigenvalue weighted by molar-refractivity contribution is -0.126. The molecular formula is C15H23N3O4S2. The fourth-order valence-corrected chi connectivity index (χ4v) is 6.03. The number of sulfonamides is 1. The Morgan fingerprint density at radius 1 is 1.42 bits per heavy atom. The van der Waals surface area contributed by atoms with Gasteiger partial charge in [0.15, 0.2) is 0 Å². The summed E-state index contributed by atoms with van der Waals surface area (Å²) >= 11 is 1.17. The highest BCUT2D eigenvalue weighted by molar-refractivity contribution is 7.91. The minimum atomic E-state index is -3.63. The van der Waals surface area contributed by atoms with Gasteiger partial charge in [0.2, 0.25) is 5.91 Å². The Balaban J connectivity index is 1.69. The monoisotopic (exact) mass is 373 g/mol. The number of amides is 1. The highest BCUT2D eigenvalue weighted by atomic mass is 32.2. The smallest absolute Gasteiger partial charge is 0.253 e. The van der Waals surface area contributed by atoms with Crippen LogP contribution in [-0.2, 0) is 14.8 Å². The number of β-amino-alcohol motifs (C(OH)–C–C–N with tert-alkyl or cyclic N) is 1. The van der Waals surface area contributed by atoms with E-state index < -0.39 is 22.2 Å². The molecule has 0 aliphatic carbocycles. The van der Waals surface area contributed by atoms with Crippen LogP contribution in [0.25, 0.3) is 0 Å². The molecule has 0 aromatic carbocycles. The maximum atomic E-state index is 12.8. The maximum absolute atomic E-state index is 12.8. The molecule has 0 radical (unpaired) electrons. The predicted molar refractivity (Wildman–Crippen MR) is 91.2 cm³/mol. The molecule has 0 bridgehead atoms. The van der Waals surface area contributed by atoms with Crippen molar-refractivity contribution < 1.29 is 18.3 Å². The van der Waals surface area contributed by atoms with Gasteiger partial charge in [0, 0.05) is 32.1 Å². The second-order valence-corrected chi connectivity index (χ2v) is 9.36. The van der Waals surface area contributed by atoms with E-state index in [1.54, 1.807) is 17.5 Å². The third-order valence-electron chi connectivity index (χ3n) is 4.66. The van der Waals surface area contributed by atoms with E-state index >= 15 is 0 Å². The molecule has 3 rings (SSSR count). The first-order valence-corrected chi connectivity index (χ1v) is 10.5. The van der Waals surface area contributed by atoms with Crippen molar-refractivity contribution in [3.05, 3.63) is 17.5 Å². The Kier molecular flexibility index (Phi) is 5.56. The zero-order chi connectivity index (χ0) is 17.2. The number of rotatable bonds is 5. The van der Waals surface area contributed by atoms with Gasteiger partial charge in [0.1, 0.15) is 10.3 Å². The molecule has 2 aliphatic rings. The van der Waals surface area contributed by atoms with E-state index in [4.69, 9.17) is 0 Å². The van der Waals surface area contributed by atoms with Crippen molar-refractivity contribution in [2.75, 3.05) is 26.2 Å². The van der Waals surface area contributed by atoms with Crippen LogP contribution in [0, 0.1) is 5.92 Å². The Morgan fingerprint density at radius 3 is 2.92 bits per heavy atom. The number of thiophene rings is 1. The van der Waals surface area contributed by atoms with E-state index in [1.807, 2.05) is 0 Å². The van der Waals surface area contributed by atoms with Gasteiger partial charge in [-0.05, 0) is 24.3 Å². The Labute approximate surface area is 146 Å². The summed E-state index contributed by atoms with van der Waals surface area (Å²) in [5.74, 6) is -0.297. The van der Waals surface area contributed by atoms with E-state index in [9.17, 15) is 18.3 Å². The molecule has 24 heavy (non-hydrogen) atoms. The standard InChI is InChI=1S/C15H23N3O4S2/c19-13-10-16-8-11(13)9-17-15(20)12-4-1-2-6-18(12)24(21,22)14-5-3-7-23-14/h3,5,7,11-13,16,19H,1-2,4,6,8-10H2,(H,17,20). The minimum absolute atomic E-state index is 0.0279. The van der Waals surface area contributed by atoms with Crippen molar-refractivity contribution in [3.8, 4) is 0 Å². The van der Waals surface area contributed by atoms with Gasteiger partial charge in [-0.25, -0.2) is 8.42 Å². The lowest BCUT2D eigenvalue weighted by atomic mass is 10.0. The number of carbonyl (C=O) groups is 1. The van der Waals surface area contributed by atoms with Crippen molar-refractivity contribution in [1.82, 2.24) is 14.9 Å². The molecule has 0 saturated carbocycles. The number of aliphatic hydroxyl groups is 1. The van der Waals surface area contributed by atoms with Gasteiger partial charge in [0.25, 0.3) is 10.0 Å². The lowest BCUT2D eigenvalue weighted by Crippen LogP contribution is -2.52. The number of nitrogens with one attached hydrogen (secondary N) is 2. The summed E-state index contributed by atoms with van der Waals surface area (Å²) in [6, 6.07) is 2.60. The first-order chi connectivity index (χ1) is 11.5. The summed E-state index contributed by atoms with van der Waals surface area (Å²) in [4.78, 5) is 12.6. The quantitative estimate of drug-likeness (QED) is 0.674. The highest BCUT2D eigenvalue weighted by Crippen LogP contribution is 2.28. The summed E-state index contributed by atoms with van der Waals surface area (Å²) < 4.78 is 27.2. The van der Waals surface area contributed by atoms with Gasteiger partial charge in [-0.2, -0.15) is 4.31 Å². The minimum Gasteiger partial charge on any atom is -0.391 e. The number of hydrogen-bond acceptors (Lipinski definition) is 6. The average Bonchev–Trinajstić information content (AvgIpc) is 3.24. The van der Waals surface area contributed by atoms with Gasteiger partial charge in [0.05, 0.1) is 6.10 Å². The molecule has 3 N–H and O–H groups in total. The molecule has 3 unspecified atom stereocenters. The van der Waals surface area contributed by atoms with Crippen LogP contribution < -0.4 is 10.6 Å². The lowest BCUT2D eigenvalue weighted by Gasteiger charge is -2.33. The van der Waals surface area contributed by atoms with E-state index in [2.05, 4.69) is 10.6 Å². The van der Waals surface area contributed by atoms with Gasteiger partial charge >= 0.3 is 0 Å². The fourth-order valence-electron chi connectivity index (χ4n) is 3.26. The molecule has 3 heterocycles. The van der Waals surface area contributed by atoms with Crippen molar-refractivity contribution in [3.63, 3.8) is 0 Å². The zero-order valence-corrected chi connectivity index (χ0v) is 15.0. The van der Waals surface area contributed by atoms with Gasteiger partial charge in [-0.3, -0.25) is 4.79 Å². The highest BCUT2D eigenvalue weighted by Gasteiger charge is 2.38. The van der Waals surface area contributed by atoms with Crippen LogP contribution in [0.2, 0.25) is 0 Å². The molecule has 2 saturated heterocycles. The zero-order valence-electron chi connectivity index (χ0n) is 13.3. The number of nitrogens with zero attached hydrogens (tertiary/aromatic N) is 1. The normalized spacial score (nSPS) is 28.8. The van der Waals surface area contributed by atoms with Crippen LogP contribution in [0.1, 0.15) is 19.3 Å². The van der Waals surface area contributed by atoms with E-state index in [0.717, 1.165) is 12.8 Å². The largest absolute Gasteiger partial charge is 0.391 e. The number of carbonyl (C=O) groups excluding carboxylic acids is 1. The molecule has 134 valence electrons. The van der Waals surface area contributed by atoms with Crippen LogP contribution in [0.3, 0.4) is 0 Å². The molecular weight excluding hydrogens is 350 g/mol. The third-order valence-corrected chi connectivity index (χ3v) is 7.94. The summed E-state index contributed by atoms with van der Waals surface area (Å²) in [5, 5.41) is 17.4. The molecule has 3 atom stereocenters. The van der Waals surface area contributed by atoms with Crippen LogP contribution in [0.15, 0.2) is 21.7 Å². The topological polar surface area (TPSA) is 98.7 Å². The summed E-state index contributed by atoms with van der Waals surface area (Å²) in [5.41, 5.74) is 0. The first kappa shape index (κ1) is 17.8. The average molecular weight is 374 g/mol. The molecule has 9 heteroatoms. The van der Waals surface area contributed by atoms with Gasteiger partial charge < -0.3 is 15.7 Å². The molecule has 7 nitrogen and oxygen atoms in total. The van der Waals surface area contributed by atoms with Crippen molar-refractivity contribution in [2.24, 2.45) is 5.92 Å². The summed E-state index contributed by atoms with van der Waals surface area (Å²) in [6.45, 7) is 1.91. The molecule has 1 aromatic heterocycles. The molecule has 2 fully saturated rings. The number of hydrogen-bond donors (Lipinski definition) is 3. The van der Waals surface area contributed by atoms with Crippen LogP contribution in [0.4, 0.5) is 0 Å². The Morgan fingerprint density at radius 2 is 2.25 bits per heavy atom. The van der Waals surface area contributed by atoms with Crippen molar-refractivity contribution in [2.45, 2.75) is 35.6 Å². The SMILES string of the molecule is O=C(NCC1CNCC1O)C1CCCCN1S(=O)(=O)c1cccs1. The Hall–Kier alpha value is -1.00. The van der Waals surface area contributed by atoms with E-state index in [0.29, 0.717) is 32.6 Å². The molecule has 1 amide bonds. The van der Waals surface area contributed by atoms with Gasteiger partial charge in [-0.15, -0.1) is 11.3 Å². The maximum Gasteiger partial charge on any atom is 0.253 e. The molecule has 0 spiro atoms. The van der Waals surface area contributed by atoms with Crippen molar-refractivity contribution in [1.29, 1.82) is 0 Å². The fraction of sp³-hybridized carbons (Fsp3) is 0.667. The van der Waals surface area contributed by atoms with Crippen LogP contribution >= 0.6 is 11.3 Å². The van der Waals surface area contributed by atoms with Crippen LogP contribution in [-0.4, -0.2) is 62.1 Å². The Bertz CT molecular complexity index is 662. The molecule has 2 aliphatic heterocycles. The summed E-state index contributed by atoms with van der Waals surface area (Å²) in [6.07, 6.45) is 1.66. The second kappa shape index (κ2) is 7.49. The molecule has 1 aromatic rings. The van der Waals surface area contributed by atoms with E-state index in [-0.39, 0.29) is 16.0 Å². The number of aliphatic hydroxyl groups excluding tert-OH is 1. The first-order valence-electron chi connectivity index (χ1n) is 8.22. The van der Waals surface area contributed by atoms with Crippen LogP contribution in [0.5, 0.6) is 0 Å². The second-order valence-electron chi connectivity index (χ2n) is 6.29.